The standard InChI is InChI=1S/C11H23NO4/c1-12(2)4-3-5-15-11-7-9(14)6-10(8-13)16-11/h9-11,13-14H,3-8H2,1-2H3. The van der Waals surface area contributed by atoms with Crippen LogP contribution in [-0.4, -0.2) is 67.5 Å². The van der Waals surface area contributed by atoms with Crippen molar-refractivity contribution < 1.29 is 19.7 Å². The molecule has 1 aliphatic rings. The van der Waals surface area contributed by atoms with Crippen molar-refractivity contribution in [1.29, 1.82) is 0 Å². The molecular weight excluding hydrogens is 210 g/mol. The number of hydrogen-bond acceptors (Lipinski definition) is 5. The van der Waals surface area contributed by atoms with Crippen molar-refractivity contribution in [1.82, 2.24) is 4.90 Å². The summed E-state index contributed by atoms with van der Waals surface area (Å²) in [5.74, 6) is 0. The fourth-order valence-corrected chi connectivity index (χ4v) is 1.77. The molecule has 2 N–H and O–H groups in total. The first-order valence-corrected chi connectivity index (χ1v) is 5.82. The molecule has 1 saturated heterocycles. The van der Waals surface area contributed by atoms with Gasteiger partial charge in [-0.1, -0.05) is 0 Å². The quantitative estimate of drug-likeness (QED) is 0.623. The average Bonchev–Trinajstić information content (AvgIpc) is 2.23. The van der Waals surface area contributed by atoms with E-state index in [-0.39, 0.29) is 19.0 Å². The minimum Gasteiger partial charge on any atom is -0.394 e. The van der Waals surface area contributed by atoms with Gasteiger partial charge in [-0.25, -0.2) is 0 Å². The van der Waals surface area contributed by atoms with Crippen LogP contribution < -0.4 is 0 Å². The number of rotatable bonds is 6. The molecule has 1 heterocycles. The minimum absolute atomic E-state index is 0.0609. The lowest BCUT2D eigenvalue weighted by Crippen LogP contribution is -2.39. The Balaban J connectivity index is 2.15. The monoisotopic (exact) mass is 233 g/mol. The van der Waals surface area contributed by atoms with Crippen LogP contribution in [0.5, 0.6) is 0 Å². The summed E-state index contributed by atoms with van der Waals surface area (Å²) in [5, 5.41) is 18.5. The van der Waals surface area contributed by atoms with E-state index in [2.05, 4.69) is 4.90 Å². The molecular formula is C11H23NO4. The molecule has 3 atom stereocenters. The van der Waals surface area contributed by atoms with Gasteiger partial charge in [-0.3, -0.25) is 0 Å². The summed E-state index contributed by atoms with van der Waals surface area (Å²) >= 11 is 0. The van der Waals surface area contributed by atoms with Crippen molar-refractivity contribution in [2.45, 2.75) is 37.8 Å². The molecule has 3 unspecified atom stereocenters. The lowest BCUT2D eigenvalue weighted by atomic mass is 10.1. The van der Waals surface area contributed by atoms with E-state index < -0.39 is 6.10 Å². The van der Waals surface area contributed by atoms with Crippen molar-refractivity contribution in [3.8, 4) is 0 Å². The molecule has 0 aromatic heterocycles. The lowest BCUT2D eigenvalue weighted by Gasteiger charge is -2.32. The van der Waals surface area contributed by atoms with Crippen molar-refractivity contribution in [3.63, 3.8) is 0 Å². The first-order chi connectivity index (χ1) is 7.61. The van der Waals surface area contributed by atoms with Crippen molar-refractivity contribution in [3.05, 3.63) is 0 Å². The van der Waals surface area contributed by atoms with Gasteiger partial charge in [0.25, 0.3) is 0 Å². The second-order valence-electron chi connectivity index (χ2n) is 4.52. The van der Waals surface area contributed by atoms with Crippen LogP contribution in [0.2, 0.25) is 0 Å². The normalized spacial score (nSPS) is 30.9. The summed E-state index contributed by atoms with van der Waals surface area (Å²) in [6.07, 6.45) is 0.842. The summed E-state index contributed by atoms with van der Waals surface area (Å²) < 4.78 is 11.0. The number of ether oxygens (including phenoxy) is 2. The van der Waals surface area contributed by atoms with E-state index in [9.17, 15) is 5.11 Å². The van der Waals surface area contributed by atoms with Crippen LogP contribution in [0.4, 0.5) is 0 Å². The fraction of sp³-hybridized carbons (Fsp3) is 1.00. The van der Waals surface area contributed by atoms with Gasteiger partial charge in [0.15, 0.2) is 6.29 Å². The maximum atomic E-state index is 9.55. The highest BCUT2D eigenvalue weighted by atomic mass is 16.7. The number of aliphatic hydroxyl groups is 2. The Morgan fingerprint density at radius 2 is 2.12 bits per heavy atom. The first kappa shape index (κ1) is 13.9. The molecule has 5 heteroatoms. The van der Waals surface area contributed by atoms with Crippen LogP contribution in [0.1, 0.15) is 19.3 Å². The second kappa shape index (κ2) is 7.19. The summed E-state index contributed by atoms with van der Waals surface area (Å²) in [6, 6.07) is 0. The lowest BCUT2D eigenvalue weighted by molar-refractivity contribution is -0.221. The fourth-order valence-electron chi connectivity index (χ4n) is 1.77. The van der Waals surface area contributed by atoms with E-state index in [1.807, 2.05) is 14.1 Å². The molecule has 0 aromatic carbocycles. The van der Waals surface area contributed by atoms with Crippen LogP contribution >= 0.6 is 0 Å². The predicted molar refractivity (Wildman–Crippen MR) is 60.1 cm³/mol. The van der Waals surface area contributed by atoms with Crippen LogP contribution in [0, 0.1) is 0 Å². The molecule has 0 saturated carbocycles. The predicted octanol–water partition coefficient (Wildman–Crippen LogP) is -0.187. The van der Waals surface area contributed by atoms with Gasteiger partial charge < -0.3 is 24.6 Å². The highest BCUT2D eigenvalue weighted by Gasteiger charge is 2.28. The Hall–Kier alpha value is -0.200. The van der Waals surface area contributed by atoms with E-state index >= 15 is 0 Å². The van der Waals surface area contributed by atoms with Crippen molar-refractivity contribution >= 4 is 0 Å². The van der Waals surface area contributed by atoms with Gasteiger partial charge in [0.2, 0.25) is 0 Å². The number of hydrogen-bond donors (Lipinski definition) is 2. The smallest absolute Gasteiger partial charge is 0.160 e. The molecule has 0 bridgehead atoms. The second-order valence-corrected chi connectivity index (χ2v) is 4.52. The van der Waals surface area contributed by atoms with Crippen LogP contribution in [0.25, 0.3) is 0 Å². The third kappa shape index (κ3) is 5.23. The largest absolute Gasteiger partial charge is 0.394 e. The zero-order valence-corrected chi connectivity index (χ0v) is 10.1. The molecule has 5 nitrogen and oxygen atoms in total. The van der Waals surface area contributed by atoms with E-state index in [1.54, 1.807) is 0 Å². The van der Waals surface area contributed by atoms with E-state index in [4.69, 9.17) is 14.6 Å². The molecule has 1 aliphatic heterocycles. The third-order valence-corrected chi connectivity index (χ3v) is 2.60. The van der Waals surface area contributed by atoms with E-state index in [0.29, 0.717) is 19.4 Å². The average molecular weight is 233 g/mol. The highest BCUT2D eigenvalue weighted by molar-refractivity contribution is 4.72. The van der Waals surface area contributed by atoms with Gasteiger partial charge in [0.05, 0.1) is 25.4 Å². The molecule has 0 aliphatic carbocycles. The number of aliphatic hydroxyl groups excluding tert-OH is 2. The van der Waals surface area contributed by atoms with E-state index in [0.717, 1.165) is 13.0 Å². The Labute approximate surface area is 97.0 Å². The molecule has 1 rings (SSSR count). The molecule has 16 heavy (non-hydrogen) atoms. The van der Waals surface area contributed by atoms with E-state index in [1.165, 1.54) is 0 Å². The maximum Gasteiger partial charge on any atom is 0.160 e. The first-order valence-electron chi connectivity index (χ1n) is 5.82. The van der Waals surface area contributed by atoms with Crippen molar-refractivity contribution in [2.75, 3.05) is 33.9 Å². The molecule has 96 valence electrons. The zero-order chi connectivity index (χ0) is 12.0. The molecule has 0 aromatic rings. The Morgan fingerprint density at radius 3 is 2.75 bits per heavy atom. The maximum absolute atomic E-state index is 9.55. The topological polar surface area (TPSA) is 62.2 Å². The summed E-state index contributed by atoms with van der Waals surface area (Å²) in [4.78, 5) is 2.09. The highest BCUT2D eigenvalue weighted by Crippen LogP contribution is 2.20. The van der Waals surface area contributed by atoms with Gasteiger partial charge in [0, 0.05) is 12.8 Å². The molecule has 0 radical (unpaired) electrons. The van der Waals surface area contributed by atoms with Gasteiger partial charge in [0.1, 0.15) is 0 Å². The van der Waals surface area contributed by atoms with Gasteiger partial charge in [-0.2, -0.15) is 0 Å². The molecule has 0 amide bonds. The van der Waals surface area contributed by atoms with Crippen molar-refractivity contribution in [2.24, 2.45) is 0 Å². The van der Waals surface area contributed by atoms with Crippen LogP contribution in [0.15, 0.2) is 0 Å². The summed E-state index contributed by atoms with van der Waals surface area (Å²) in [6.45, 7) is 1.53. The van der Waals surface area contributed by atoms with Crippen LogP contribution in [-0.2, 0) is 9.47 Å². The van der Waals surface area contributed by atoms with Gasteiger partial charge >= 0.3 is 0 Å². The Bertz CT molecular complexity index is 189. The third-order valence-electron chi connectivity index (χ3n) is 2.60. The molecule has 1 fully saturated rings. The van der Waals surface area contributed by atoms with Crippen LogP contribution in [0.3, 0.4) is 0 Å². The zero-order valence-electron chi connectivity index (χ0n) is 10.1. The minimum atomic E-state index is -0.426. The summed E-state index contributed by atoms with van der Waals surface area (Å²) in [5.41, 5.74) is 0. The molecule has 0 spiro atoms. The van der Waals surface area contributed by atoms with Gasteiger partial charge in [-0.05, 0) is 27.1 Å². The Morgan fingerprint density at radius 1 is 1.38 bits per heavy atom. The van der Waals surface area contributed by atoms with Gasteiger partial charge in [-0.15, -0.1) is 0 Å². The Kier molecular flexibility index (Phi) is 6.23. The summed E-state index contributed by atoms with van der Waals surface area (Å²) in [7, 11) is 4.03. The number of nitrogens with zero attached hydrogens (tertiary/aromatic N) is 1. The SMILES string of the molecule is CN(C)CCCOC1CC(O)CC(CO)O1.